The Morgan fingerprint density at radius 3 is 2.70 bits per heavy atom. The lowest BCUT2D eigenvalue weighted by Crippen LogP contribution is -2.19. The fraction of sp³-hybridized carbons (Fsp3) is 0.375. The number of esters is 1. The van der Waals surface area contributed by atoms with Gasteiger partial charge in [-0.15, -0.1) is 5.10 Å². The molecule has 23 heavy (non-hydrogen) atoms. The average molecular weight is 313 g/mol. The van der Waals surface area contributed by atoms with E-state index >= 15 is 0 Å². The third kappa shape index (κ3) is 3.74. The molecule has 120 valence electrons. The van der Waals surface area contributed by atoms with Gasteiger partial charge in [-0.1, -0.05) is 0 Å². The summed E-state index contributed by atoms with van der Waals surface area (Å²) in [4.78, 5) is 18.3. The van der Waals surface area contributed by atoms with Crippen LogP contribution in [0.25, 0.3) is 0 Å². The molecule has 1 fully saturated rings. The molecule has 1 aliphatic heterocycles. The van der Waals surface area contributed by atoms with E-state index in [9.17, 15) is 4.79 Å². The first-order chi connectivity index (χ1) is 11.3. The molecule has 2 aromatic rings. The van der Waals surface area contributed by atoms with Crippen LogP contribution in [-0.2, 0) is 4.74 Å². The highest BCUT2D eigenvalue weighted by molar-refractivity contribution is 5.89. The van der Waals surface area contributed by atoms with Crippen molar-refractivity contribution in [3.63, 3.8) is 0 Å². The van der Waals surface area contributed by atoms with Gasteiger partial charge in [0.05, 0.1) is 18.4 Å². The van der Waals surface area contributed by atoms with Crippen LogP contribution >= 0.6 is 0 Å². The van der Waals surface area contributed by atoms with Crippen molar-refractivity contribution in [2.24, 2.45) is 0 Å². The number of rotatable bonds is 5. The molecule has 1 aliphatic rings. The summed E-state index contributed by atoms with van der Waals surface area (Å²) >= 11 is 0. The fourth-order valence-electron chi connectivity index (χ4n) is 2.48. The number of carbonyl (C=O) groups excluding carboxylic acids is 1. The Labute approximate surface area is 134 Å². The molecular weight excluding hydrogens is 294 g/mol. The van der Waals surface area contributed by atoms with Gasteiger partial charge in [0, 0.05) is 18.8 Å². The maximum absolute atomic E-state index is 11.6. The van der Waals surface area contributed by atoms with Gasteiger partial charge in [-0.2, -0.15) is 10.1 Å². The van der Waals surface area contributed by atoms with Crippen molar-refractivity contribution < 1.29 is 9.53 Å². The molecule has 7 nitrogen and oxygen atoms in total. The summed E-state index contributed by atoms with van der Waals surface area (Å²) in [5.74, 6) is 0.953. The molecule has 0 unspecified atom stereocenters. The molecule has 1 saturated heterocycles. The minimum absolute atomic E-state index is 0.326. The quantitative estimate of drug-likeness (QED) is 0.849. The van der Waals surface area contributed by atoms with E-state index in [0.29, 0.717) is 18.1 Å². The zero-order valence-corrected chi connectivity index (χ0v) is 13.0. The van der Waals surface area contributed by atoms with E-state index in [1.807, 2.05) is 0 Å². The lowest BCUT2D eigenvalue weighted by molar-refractivity contribution is 0.0526. The smallest absolute Gasteiger partial charge is 0.338 e. The maximum Gasteiger partial charge on any atom is 0.338 e. The Bertz CT molecular complexity index is 668. The van der Waals surface area contributed by atoms with Crippen LogP contribution in [0.3, 0.4) is 0 Å². The van der Waals surface area contributed by atoms with Crippen molar-refractivity contribution in [3.8, 4) is 0 Å². The van der Waals surface area contributed by atoms with Crippen molar-refractivity contribution in [2.45, 2.75) is 19.8 Å². The van der Waals surface area contributed by atoms with E-state index < -0.39 is 0 Å². The molecule has 1 N–H and O–H groups in total. The van der Waals surface area contributed by atoms with Gasteiger partial charge in [-0.05, 0) is 44.0 Å². The van der Waals surface area contributed by atoms with E-state index in [4.69, 9.17) is 4.74 Å². The van der Waals surface area contributed by atoms with Gasteiger partial charge in [0.15, 0.2) is 5.82 Å². The van der Waals surface area contributed by atoms with Crippen molar-refractivity contribution in [1.29, 1.82) is 0 Å². The van der Waals surface area contributed by atoms with Crippen LogP contribution in [0.1, 0.15) is 30.1 Å². The van der Waals surface area contributed by atoms with Crippen LogP contribution in [0, 0.1) is 0 Å². The third-order valence-corrected chi connectivity index (χ3v) is 3.63. The summed E-state index contributed by atoms with van der Waals surface area (Å²) in [6, 6.07) is 6.99. The number of aromatic nitrogens is 3. The zero-order valence-electron chi connectivity index (χ0n) is 13.0. The number of nitrogens with zero attached hydrogens (tertiary/aromatic N) is 4. The van der Waals surface area contributed by atoms with Crippen molar-refractivity contribution in [3.05, 3.63) is 36.0 Å². The summed E-state index contributed by atoms with van der Waals surface area (Å²) in [6.07, 6.45) is 4.05. The summed E-state index contributed by atoms with van der Waals surface area (Å²) < 4.78 is 4.96. The summed E-state index contributed by atoms with van der Waals surface area (Å²) in [7, 11) is 0. The van der Waals surface area contributed by atoms with Crippen LogP contribution < -0.4 is 10.2 Å². The molecule has 0 amide bonds. The molecule has 1 aromatic carbocycles. The average Bonchev–Trinajstić information content (AvgIpc) is 3.11. The number of nitrogens with one attached hydrogen (secondary N) is 1. The van der Waals surface area contributed by atoms with E-state index in [2.05, 4.69) is 25.4 Å². The Morgan fingerprint density at radius 2 is 2.00 bits per heavy atom. The number of carbonyl (C=O) groups is 1. The van der Waals surface area contributed by atoms with E-state index in [1.165, 1.54) is 12.8 Å². The second-order valence-electron chi connectivity index (χ2n) is 5.26. The first kappa shape index (κ1) is 15.2. The fourth-order valence-corrected chi connectivity index (χ4v) is 2.48. The van der Waals surface area contributed by atoms with Gasteiger partial charge < -0.3 is 15.0 Å². The minimum atomic E-state index is -0.326. The largest absolute Gasteiger partial charge is 0.462 e. The molecule has 3 rings (SSSR count). The van der Waals surface area contributed by atoms with E-state index in [1.54, 1.807) is 37.4 Å². The molecule has 0 bridgehead atoms. The van der Waals surface area contributed by atoms with Crippen LogP contribution in [0.5, 0.6) is 0 Å². The number of benzene rings is 1. The Kier molecular flexibility index (Phi) is 4.65. The highest BCUT2D eigenvalue weighted by Crippen LogP contribution is 2.19. The van der Waals surface area contributed by atoms with Gasteiger partial charge in [-0.25, -0.2) is 4.79 Å². The lowest BCUT2D eigenvalue weighted by atomic mass is 10.2. The Hall–Kier alpha value is -2.70. The summed E-state index contributed by atoms with van der Waals surface area (Å²) in [6.45, 7) is 4.16. The van der Waals surface area contributed by atoms with Crippen LogP contribution in [0.2, 0.25) is 0 Å². The molecule has 7 heteroatoms. The first-order valence-electron chi connectivity index (χ1n) is 7.75. The predicted octanol–water partition coefficient (Wildman–Crippen LogP) is 2.39. The molecule has 0 aliphatic carbocycles. The molecule has 0 atom stereocenters. The second-order valence-corrected chi connectivity index (χ2v) is 5.26. The Morgan fingerprint density at radius 1 is 1.26 bits per heavy atom. The van der Waals surface area contributed by atoms with Crippen LogP contribution in [0.15, 0.2) is 30.5 Å². The topological polar surface area (TPSA) is 80.2 Å². The monoisotopic (exact) mass is 313 g/mol. The number of hydrogen-bond acceptors (Lipinski definition) is 7. The van der Waals surface area contributed by atoms with Gasteiger partial charge in [0.2, 0.25) is 5.95 Å². The highest BCUT2D eigenvalue weighted by Gasteiger charge is 2.14. The van der Waals surface area contributed by atoms with Gasteiger partial charge >= 0.3 is 5.97 Å². The SMILES string of the molecule is CCOC(=O)c1ccc(Nc2nncc(N3CCCC3)n2)cc1. The summed E-state index contributed by atoms with van der Waals surface area (Å²) in [5, 5.41) is 11.1. The van der Waals surface area contributed by atoms with Gasteiger partial charge in [-0.3, -0.25) is 0 Å². The second kappa shape index (κ2) is 7.04. The maximum atomic E-state index is 11.6. The molecular formula is C16H19N5O2. The molecule has 2 heterocycles. The molecule has 0 saturated carbocycles. The van der Waals surface area contributed by atoms with Crippen LogP contribution in [0.4, 0.5) is 17.5 Å². The highest BCUT2D eigenvalue weighted by atomic mass is 16.5. The molecule has 0 spiro atoms. The van der Waals surface area contributed by atoms with Crippen LogP contribution in [-0.4, -0.2) is 40.8 Å². The van der Waals surface area contributed by atoms with Crippen molar-refractivity contribution in [2.75, 3.05) is 29.9 Å². The minimum Gasteiger partial charge on any atom is -0.462 e. The predicted molar refractivity (Wildman–Crippen MR) is 87.0 cm³/mol. The van der Waals surface area contributed by atoms with E-state index in [-0.39, 0.29) is 5.97 Å². The standard InChI is InChI=1S/C16H19N5O2/c1-2-23-15(22)12-5-7-13(8-6-12)18-16-19-14(11-17-20-16)21-9-3-4-10-21/h5-8,11H,2-4,9-10H2,1H3,(H,18,19,20). The Balaban J connectivity index is 1.69. The third-order valence-electron chi connectivity index (χ3n) is 3.63. The normalized spacial score (nSPS) is 13.9. The number of hydrogen-bond donors (Lipinski definition) is 1. The number of anilines is 3. The molecule has 0 radical (unpaired) electrons. The van der Waals surface area contributed by atoms with Crippen molar-refractivity contribution >= 4 is 23.4 Å². The van der Waals surface area contributed by atoms with Crippen molar-refractivity contribution in [1.82, 2.24) is 15.2 Å². The van der Waals surface area contributed by atoms with Gasteiger partial charge in [0.25, 0.3) is 0 Å². The number of ether oxygens (including phenoxy) is 1. The molecule has 1 aromatic heterocycles. The zero-order chi connectivity index (χ0) is 16.1. The van der Waals surface area contributed by atoms with Gasteiger partial charge in [0.1, 0.15) is 0 Å². The summed E-state index contributed by atoms with van der Waals surface area (Å²) in [5.41, 5.74) is 1.31. The lowest BCUT2D eigenvalue weighted by Gasteiger charge is -2.15. The van der Waals surface area contributed by atoms with E-state index in [0.717, 1.165) is 24.6 Å². The first-order valence-corrected chi connectivity index (χ1v) is 7.75.